The molecule has 5 nitrogen and oxygen atoms in total. The third-order valence-electron chi connectivity index (χ3n) is 1.43. The molecule has 0 aromatic heterocycles. The van der Waals surface area contributed by atoms with Crippen molar-refractivity contribution in [3.63, 3.8) is 0 Å². The molecular formula is C5H9NO4S. The quantitative estimate of drug-likeness (QED) is 0.522. The van der Waals surface area contributed by atoms with Crippen molar-refractivity contribution in [2.45, 2.75) is 19.4 Å². The SMILES string of the molecule is CC(=S(=O)=O)C(C)(N)C(=O)O. The molecule has 0 aliphatic rings. The fraction of sp³-hybridized carbons (Fsp3) is 0.600. The summed E-state index contributed by atoms with van der Waals surface area (Å²) in [6, 6.07) is 0. The maximum absolute atomic E-state index is 10.3. The van der Waals surface area contributed by atoms with E-state index in [1.165, 1.54) is 0 Å². The summed E-state index contributed by atoms with van der Waals surface area (Å²) in [4.78, 5) is 10.1. The van der Waals surface area contributed by atoms with E-state index in [1.54, 1.807) is 0 Å². The fourth-order valence-electron chi connectivity index (χ4n) is 0.324. The highest BCUT2D eigenvalue weighted by Crippen LogP contribution is 2.00. The zero-order valence-corrected chi connectivity index (χ0v) is 6.97. The number of carbonyl (C=O) groups is 1. The molecule has 1 unspecified atom stereocenters. The lowest BCUT2D eigenvalue weighted by Gasteiger charge is -2.15. The Hall–Kier alpha value is -0.880. The van der Waals surface area contributed by atoms with Crippen molar-refractivity contribution in [1.29, 1.82) is 0 Å². The van der Waals surface area contributed by atoms with Gasteiger partial charge in [0.2, 0.25) is 10.3 Å². The van der Waals surface area contributed by atoms with E-state index in [9.17, 15) is 13.2 Å². The number of hydrogen-bond donors (Lipinski definition) is 2. The lowest BCUT2D eigenvalue weighted by Crippen LogP contribution is -2.51. The zero-order valence-electron chi connectivity index (χ0n) is 6.16. The minimum absolute atomic E-state index is 0.287. The van der Waals surface area contributed by atoms with Gasteiger partial charge in [-0.05, 0) is 13.8 Å². The molecule has 0 heterocycles. The van der Waals surface area contributed by atoms with E-state index < -0.39 is 21.8 Å². The van der Waals surface area contributed by atoms with Gasteiger partial charge in [-0.2, -0.15) is 8.42 Å². The Morgan fingerprint density at radius 3 is 2.00 bits per heavy atom. The van der Waals surface area contributed by atoms with E-state index in [0.29, 0.717) is 0 Å². The van der Waals surface area contributed by atoms with Gasteiger partial charge in [0.15, 0.2) is 0 Å². The summed E-state index contributed by atoms with van der Waals surface area (Å²) in [6.07, 6.45) is 0. The molecule has 6 heteroatoms. The van der Waals surface area contributed by atoms with Gasteiger partial charge >= 0.3 is 5.97 Å². The largest absolute Gasteiger partial charge is 0.480 e. The molecular weight excluding hydrogens is 170 g/mol. The predicted octanol–water partition coefficient (Wildman–Crippen LogP) is -1.14. The molecule has 0 rings (SSSR count). The Morgan fingerprint density at radius 1 is 1.55 bits per heavy atom. The minimum Gasteiger partial charge on any atom is -0.480 e. The van der Waals surface area contributed by atoms with E-state index >= 15 is 0 Å². The highest BCUT2D eigenvalue weighted by atomic mass is 32.2. The molecule has 64 valence electrons. The van der Waals surface area contributed by atoms with Gasteiger partial charge in [-0.1, -0.05) is 0 Å². The minimum atomic E-state index is -2.54. The van der Waals surface area contributed by atoms with E-state index in [4.69, 9.17) is 10.8 Å². The first-order chi connectivity index (χ1) is 4.80. The average molecular weight is 179 g/mol. The first-order valence-corrected chi connectivity index (χ1v) is 3.83. The first-order valence-electron chi connectivity index (χ1n) is 2.75. The third-order valence-corrected chi connectivity index (χ3v) is 2.35. The van der Waals surface area contributed by atoms with Gasteiger partial charge in [0, 0.05) is 0 Å². The smallest absolute Gasteiger partial charge is 0.328 e. The van der Waals surface area contributed by atoms with Crippen molar-refractivity contribution in [3.8, 4) is 0 Å². The highest BCUT2D eigenvalue weighted by Gasteiger charge is 2.32. The van der Waals surface area contributed by atoms with E-state index in [1.807, 2.05) is 0 Å². The summed E-state index contributed by atoms with van der Waals surface area (Å²) < 4.78 is 20.5. The normalized spacial score (nSPS) is 15.2. The maximum atomic E-state index is 10.3. The lowest BCUT2D eigenvalue weighted by molar-refractivity contribution is -0.140. The summed E-state index contributed by atoms with van der Waals surface area (Å²) in [5, 5.41) is 8.44. The molecule has 0 radical (unpaired) electrons. The number of carboxylic acids is 1. The number of carboxylic acid groups (broad SMARTS) is 1. The molecule has 0 fully saturated rings. The number of aliphatic carboxylic acids is 1. The summed E-state index contributed by atoms with van der Waals surface area (Å²) in [6.45, 7) is 2.29. The van der Waals surface area contributed by atoms with Crippen LogP contribution in [-0.2, 0) is 15.1 Å². The van der Waals surface area contributed by atoms with Crippen LogP contribution in [-0.4, -0.2) is 29.9 Å². The Kier molecular flexibility index (Phi) is 2.77. The molecule has 0 spiro atoms. The van der Waals surface area contributed by atoms with Gasteiger partial charge < -0.3 is 10.8 Å². The molecule has 0 aromatic rings. The van der Waals surface area contributed by atoms with Crippen LogP contribution < -0.4 is 5.73 Å². The summed E-state index contributed by atoms with van der Waals surface area (Å²) in [7, 11) is -2.54. The van der Waals surface area contributed by atoms with Gasteiger partial charge in [0.1, 0.15) is 5.54 Å². The third kappa shape index (κ3) is 2.02. The maximum Gasteiger partial charge on any atom is 0.328 e. The monoisotopic (exact) mass is 179 g/mol. The van der Waals surface area contributed by atoms with Crippen molar-refractivity contribution in [3.05, 3.63) is 0 Å². The van der Waals surface area contributed by atoms with Crippen LogP contribution >= 0.6 is 0 Å². The van der Waals surface area contributed by atoms with Gasteiger partial charge in [-0.25, -0.2) is 4.79 Å². The van der Waals surface area contributed by atoms with Crippen LogP contribution in [0.15, 0.2) is 0 Å². The molecule has 11 heavy (non-hydrogen) atoms. The molecule has 0 aliphatic carbocycles. The topological polar surface area (TPSA) is 97.5 Å². The fourth-order valence-corrected chi connectivity index (χ4v) is 0.757. The standard InChI is InChI=1S/C5H9NO4S/c1-3(11(9)10)5(2,6)4(7)8/h6H2,1-2H3,(H,7,8). The summed E-state index contributed by atoms with van der Waals surface area (Å²) >= 11 is 0. The number of rotatable bonds is 2. The molecule has 1 atom stereocenters. The average Bonchev–Trinajstić information content (AvgIpc) is 1.85. The number of hydrogen-bond acceptors (Lipinski definition) is 4. The Balaban J connectivity index is 5.19. The van der Waals surface area contributed by atoms with Crippen molar-refractivity contribution in [1.82, 2.24) is 0 Å². The summed E-state index contributed by atoms with van der Waals surface area (Å²) in [5.41, 5.74) is 3.38. The van der Waals surface area contributed by atoms with Crippen molar-refractivity contribution < 1.29 is 18.3 Å². The Labute approximate surface area is 65.4 Å². The predicted molar refractivity (Wildman–Crippen MR) is 39.8 cm³/mol. The van der Waals surface area contributed by atoms with Crippen LogP contribution in [0.2, 0.25) is 0 Å². The molecule has 3 N–H and O–H groups in total. The molecule has 0 bridgehead atoms. The van der Waals surface area contributed by atoms with Gasteiger partial charge in [0.25, 0.3) is 0 Å². The summed E-state index contributed by atoms with van der Waals surface area (Å²) in [5.74, 6) is -1.36. The van der Waals surface area contributed by atoms with Crippen LogP contribution in [0.4, 0.5) is 0 Å². The second-order valence-corrected chi connectivity index (χ2v) is 3.38. The van der Waals surface area contributed by atoms with E-state index in [2.05, 4.69) is 0 Å². The molecule has 0 saturated heterocycles. The second-order valence-electron chi connectivity index (χ2n) is 2.30. The molecule has 0 aliphatic heterocycles. The van der Waals surface area contributed by atoms with Gasteiger partial charge in [-0.3, -0.25) is 0 Å². The Bertz CT molecular complexity index is 292. The van der Waals surface area contributed by atoms with Crippen LogP contribution in [0.5, 0.6) is 0 Å². The van der Waals surface area contributed by atoms with E-state index in [-0.39, 0.29) is 4.86 Å². The van der Waals surface area contributed by atoms with Crippen LogP contribution in [0.1, 0.15) is 13.8 Å². The van der Waals surface area contributed by atoms with Gasteiger partial charge in [-0.15, -0.1) is 0 Å². The van der Waals surface area contributed by atoms with Crippen molar-refractivity contribution in [2.24, 2.45) is 5.73 Å². The number of nitrogens with two attached hydrogens (primary N) is 1. The first kappa shape index (κ1) is 10.1. The van der Waals surface area contributed by atoms with E-state index in [0.717, 1.165) is 13.8 Å². The highest BCUT2D eigenvalue weighted by molar-refractivity contribution is 7.73. The lowest BCUT2D eigenvalue weighted by atomic mass is 10.0. The van der Waals surface area contributed by atoms with Crippen molar-refractivity contribution in [2.75, 3.05) is 0 Å². The molecule has 0 saturated carbocycles. The second kappa shape index (κ2) is 3.02. The zero-order chi connectivity index (χ0) is 9.23. The van der Waals surface area contributed by atoms with Gasteiger partial charge in [0.05, 0.1) is 4.86 Å². The van der Waals surface area contributed by atoms with Crippen molar-refractivity contribution >= 4 is 21.1 Å². The molecule has 0 amide bonds. The molecule has 0 aromatic carbocycles. The van der Waals surface area contributed by atoms with Crippen LogP contribution in [0.25, 0.3) is 0 Å². The van der Waals surface area contributed by atoms with Crippen LogP contribution in [0.3, 0.4) is 0 Å². The van der Waals surface area contributed by atoms with Crippen LogP contribution in [0, 0.1) is 0 Å². The Morgan fingerprint density at radius 2 is 1.91 bits per heavy atom.